The molecule has 0 aromatic heterocycles. The van der Waals surface area contributed by atoms with Crippen LogP contribution in [-0.2, 0) is 4.74 Å². The fraction of sp³-hybridized carbons (Fsp3) is 0.154. The van der Waals surface area contributed by atoms with E-state index >= 15 is 0 Å². The lowest BCUT2D eigenvalue weighted by molar-refractivity contribution is 0.0478. The van der Waals surface area contributed by atoms with Crippen molar-refractivity contribution >= 4 is 33.3 Å². The molecule has 0 aliphatic heterocycles. The van der Waals surface area contributed by atoms with Crippen LogP contribution in [0.3, 0.4) is 0 Å². The summed E-state index contributed by atoms with van der Waals surface area (Å²) in [5, 5.41) is 3.58. The molecular weight excluding hydrogens is 360 g/mol. The van der Waals surface area contributed by atoms with E-state index in [1.165, 1.54) is 0 Å². The van der Waals surface area contributed by atoms with Crippen LogP contribution in [-0.4, -0.2) is 18.4 Å². The number of hydrogen-bond donors (Lipinski definition) is 0. The van der Waals surface area contributed by atoms with E-state index in [2.05, 4.69) is 6.07 Å². The molecule has 4 aromatic carbocycles. The maximum Gasteiger partial charge on any atom is 0.339 e. The van der Waals surface area contributed by atoms with Crippen molar-refractivity contribution < 1.29 is 14.3 Å². The number of rotatable bonds is 4. The summed E-state index contributed by atoms with van der Waals surface area (Å²) in [6.07, 6.45) is 0. The number of aryl methyl sites for hydroxylation is 3. The number of ether oxygens (including phenoxy) is 1. The molecule has 0 saturated heterocycles. The molecule has 4 rings (SSSR count). The topological polar surface area (TPSA) is 43.4 Å². The molecule has 4 aromatic rings. The first-order chi connectivity index (χ1) is 14.0. The van der Waals surface area contributed by atoms with Gasteiger partial charge in [-0.1, -0.05) is 54.6 Å². The minimum Gasteiger partial charge on any atom is -0.454 e. The summed E-state index contributed by atoms with van der Waals surface area (Å²) in [5.74, 6) is -0.670. The third-order valence-electron chi connectivity index (χ3n) is 5.45. The number of hydrogen-bond acceptors (Lipinski definition) is 3. The third kappa shape index (κ3) is 3.52. The van der Waals surface area contributed by atoms with Gasteiger partial charge in [-0.3, -0.25) is 4.79 Å². The van der Waals surface area contributed by atoms with Gasteiger partial charge in [0.15, 0.2) is 6.61 Å². The maximum absolute atomic E-state index is 13.0. The van der Waals surface area contributed by atoms with Crippen molar-refractivity contribution in [3.63, 3.8) is 0 Å². The minimum absolute atomic E-state index is 0.191. The Hall–Kier alpha value is -3.46. The van der Waals surface area contributed by atoms with Crippen LogP contribution in [0.2, 0.25) is 0 Å². The summed E-state index contributed by atoms with van der Waals surface area (Å²) in [6, 6.07) is 21.4. The van der Waals surface area contributed by atoms with E-state index in [1.807, 2.05) is 81.4 Å². The predicted molar refractivity (Wildman–Crippen MR) is 117 cm³/mol. The smallest absolute Gasteiger partial charge is 0.339 e. The molecule has 0 spiro atoms. The summed E-state index contributed by atoms with van der Waals surface area (Å²) in [4.78, 5) is 25.8. The second-order valence-corrected chi connectivity index (χ2v) is 7.44. The average molecular weight is 382 g/mol. The molecule has 0 amide bonds. The monoisotopic (exact) mass is 382 g/mol. The zero-order valence-corrected chi connectivity index (χ0v) is 16.8. The fourth-order valence-corrected chi connectivity index (χ4v) is 3.78. The molecule has 0 heterocycles. The van der Waals surface area contributed by atoms with E-state index in [0.717, 1.165) is 38.2 Å². The van der Waals surface area contributed by atoms with Gasteiger partial charge in [-0.25, -0.2) is 4.79 Å². The number of carbonyl (C=O) groups is 2. The Bertz CT molecular complexity index is 1210. The number of Topliss-reactive ketones (excluding diaryl/α,β-unsaturated/α-hetero) is 1. The SMILES string of the molecule is Cc1cc(C)c(C(=O)COC(=O)c2c3ccccc3cc3ccccc23)cc1C. The van der Waals surface area contributed by atoms with E-state index in [4.69, 9.17) is 4.74 Å². The molecule has 0 aliphatic rings. The second kappa shape index (κ2) is 7.51. The fourth-order valence-electron chi connectivity index (χ4n) is 3.78. The van der Waals surface area contributed by atoms with Crippen LogP contribution in [0.25, 0.3) is 21.5 Å². The number of esters is 1. The molecule has 0 fully saturated rings. The quantitative estimate of drug-likeness (QED) is 0.248. The number of benzene rings is 4. The van der Waals surface area contributed by atoms with Gasteiger partial charge in [0.2, 0.25) is 5.78 Å². The average Bonchev–Trinajstić information content (AvgIpc) is 2.72. The first-order valence-electron chi connectivity index (χ1n) is 9.64. The molecule has 29 heavy (non-hydrogen) atoms. The normalized spacial score (nSPS) is 11.0. The lowest BCUT2D eigenvalue weighted by Crippen LogP contribution is -2.16. The molecular formula is C26H22O3. The standard InChI is InChI=1S/C26H22O3/c1-16-12-18(3)23(13-17(16)2)24(27)15-29-26(28)25-21-10-6-4-8-19(21)14-20-9-5-7-11-22(20)25/h4-14H,15H2,1-3H3. The maximum atomic E-state index is 13.0. The van der Waals surface area contributed by atoms with Crippen molar-refractivity contribution in [3.05, 3.63) is 94.5 Å². The molecule has 0 bridgehead atoms. The van der Waals surface area contributed by atoms with Crippen LogP contribution in [0.5, 0.6) is 0 Å². The first-order valence-corrected chi connectivity index (χ1v) is 9.64. The highest BCUT2D eigenvalue weighted by Crippen LogP contribution is 2.29. The molecule has 3 heteroatoms. The largest absolute Gasteiger partial charge is 0.454 e. The Labute approximate surface area is 169 Å². The number of carbonyl (C=O) groups excluding carboxylic acids is 2. The van der Waals surface area contributed by atoms with Crippen molar-refractivity contribution in [3.8, 4) is 0 Å². The van der Waals surface area contributed by atoms with E-state index in [9.17, 15) is 9.59 Å². The van der Waals surface area contributed by atoms with Gasteiger partial charge in [-0.2, -0.15) is 0 Å². The minimum atomic E-state index is -0.479. The van der Waals surface area contributed by atoms with Gasteiger partial charge in [0, 0.05) is 5.56 Å². The highest BCUT2D eigenvalue weighted by molar-refractivity contribution is 6.17. The van der Waals surface area contributed by atoms with Crippen molar-refractivity contribution in [2.45, 2.75) is 20.8 Å². The van der Waals surface area contributed by atoms with E-state index in [-0.39, 0.29) is 12.4 Å². The number of fused-ring (bicyclic) bond motifs is 2. The van der Waals surface area contributed by atoms with Crippen LogP contribution in [0.1, 0.15) is 37.4 Å². The van der Waals surface area contributed by atoms with Gasteiger partial charge < -0.3 is 4.74 Å². The Morgan fingerprint density at radius 2 is 1.28 bits per heavy atom. The lowest BCUT2D eigenvalue weighted by Gasteiger charge is -2.12. The summed E-state index contributed by atoms with van der Waals surface area (Å²) in [5.41, 5.74) is 4.18. The summed E-state index contributed by atoms with van der Waals surface area (Å²) >= 11 is 0. The van der Waals surface area contributed by atoms with Crippen LogP contribution in [0, 0.1) is 20.8 Å². The molecule has 0 atom stereocenters. The first kappa shape index (κ1) is 18.9. The van der Waals surface area contributed by atoms with Gasteiger partial charge >= 0.3 is 5.97 Å². The zero-order chi connectivity index (χ0) is 20.5. The van der Waals surface area contributed by atoms with Crippen LogP contribution < -0.4 is 0 Å². The highest BCUT2D eigenvalue weighted by atomic mass is 16.5. The van der Waals surface area contributed by atoms with Crippen molar-refractivity contribution in [1.82, 2.24) is 0 Å². The van der Waals surface area contributed by atoms with E-state index in [1.54, 1.807) is 0 Å². The molecule has 0 N–H and O–H groups in total. The van der Waals surface area contributed by atoms with Gasteiger partial charge in [-0.15, -0.1) is 0 Å². The predicted octanol–water partition coefficient (Wildman–Crippen LogP) is 5.96. The summed E-state index contributed by atoms with van der Waals surface area (Å²) < 4.78 is 5.50. The Kier molecular flexibility index (Phi) is 4.89. The van der Waals surface area contributed by atoms with Gasteiger partial charge in [0.25, 0.3) is 0 Å². The van der Waals surface area contributed by atoms with Gasteiger partial charge in [0.05, 0.1) is 5.56 Å². The second-order valence-electron chi connectivity index (χ2n) is 7.44. The molecule has 144 valence electrons. The Morgan fingerprint density at radius 3 is 1.90 bits per heavy atom. The molecule has 0 aliphatic carbocycles. The van der Waals surface area contributed by atoms with Crippen molar-refractivity contribution in [2.24, 2.45) is 0 Å². The van der Waals surface area contributed by atoms with Crippen LogP contribution in [0.4, 0.5) is 0 Å². The Morgan fingerprint density at radius 1 is 0.724 bits per heavy atom. The summed E-state index contributed by atoms with van der Waals surface area (Å²) in [6.45, 7) is 5.61. The van der Waals surface area contributed by atoms with E-state index < -0.39 is 5.97 Å². The molecule has 3 nitrogen and oxygen atoms in total. The van der Waals surface area contributed by atoms with E-state index in [0.29, 0.717) is 11.1 Å². The molecule has 0 saturated carbocycles. The Balaban J connectivity index is 1.67. The zero-order valence-electron chi connectivity index (χ0n) is 16.8. The van der Waals surface area contributed by atoms with Gasteiger partial charge in [0.1, 0.15) is 0 Å². The molecule has 0 radical (unpaired) electrons. The van der Waals surface area contributed by atoms with Crippen LogP contribution >= 0.6 is 0 Å². The van der Waals surface area contributed by atoms with Crippen molar-refractivity contribution in [2.75, 3.05) is 6.61 Å². The number of ketones is 1. The molecule has 0 unspecified atom stereocenters. The third-order valence-corrected chi connectivity index (χ3v) is 5.45. The van der Waals surface area contributed by atoms with Gasteiger partial charge in [-0.05, 0) is 71.1 Å². The lowest BCUT2D eigenvalue weighted by atomic mass is 9.97. The summed E-state index contributed by atoms with van der Waals surface area (Å²) in [7, 11) is 0. The van der Waals surface area contributed by atoms with Crippen LogP contribution in [0.15, 0.2) is 66.7 Å². The highest BCUT2D eigenvalue weighted by Gasteiger charge is 2.19. The van der Waals surface area contributed by atoms with Crippen molar-refractivity contribution in [1.29, 1.82) is 0 Å².